The molecule has 0 saturated carbocycles. The third-order valence-corrected chi connectivity index (χ3v) is 8.02. The Labute approximate surface area is 241 Å². The van der Waals surface area contributed by atoms with Crippen molar-refractivity contribution in [2.45, 2.75) is 50.6 Å². The van der Waals surface area contributed by atoms with Gasteiger partial charge in [0.2, 0.25) is 11.8 Å². The summed E-state index contributed by atoms with van der Waals surface area (Å²) in [5, 5.41) is 18.4. The van der Waals surface area contributed by atoms with Crippen LogP contribution >= 0.6 is 11.6 Å². The van der Waals surface area contributed by atoms with Crippen molar-refractivity contribution < 1.29 is 28.6 Å². The summed E-state index contributed by atoms with van der Waals surface area (Å²) < 4.78 is 21.0. The molecule has 0 radical (unpaired) electrons. The lowest BCUT2D eigenvalue weighted by atomic mass is 9.62. The molecule has 4 N–H and O–H groups in total. The largest absolute Gasteiger partial charge is 0.496 e. The Morgan fingerprint density at radius 1 is 1.20 bits per heavy atom. The molecule has 5 rings (SSSR count). The van der Waals surface area contributed by atoms with Crippen LogP contribution in [0.4, 0.5) is 15.9 Å². The molecule has 214 valence electrons. The van der Waals surface area contributed by atoms with E-state index in [2.05, 4.69) is 20.9 Å². The van der Waals surface area contributed by atoms with E-state index in [0.29, 0.717) is 17.8 Å². The molecule has 41 heavy (non-hydrogen) atoms. The number of carboxylic acid groups (broad SMARTS) is 1. The van der Waals surface area contributed by atoms with Gasteiger partial charge in [0.1, 0.15) is 28.4 Å². The van der Waals surface area contributed by atoms with Crippen molar-refractivity contribution in [1.82, 2.24) is 10.3 Å². The van der Waals surface area contributed by atoms with Crippen LogP contribution in [0.3, 0.4) is 0 Å². The number of carbonyl (C=O) groups is 3. The van der Waals surface area contributed by atoms with Gasteiger partial charge in [-0.1, -0.05) is 50.6 Å². The maximum Gasteiger partial charge on any atom is 0.339 e. The van der Waals surface area contributed by atoms with Gasteiger partial charge >= 0.3 is 5.97 Å². The van der Waals surface area contributed by atoms with Gasteiger partial charge in [-0.05, 0) is 41.7 Å². The van der Waals surface area contributed by atoms with Gasteiger partial charge in [-0.2, -0.15) is 0 Å². The highest BCUT2D eigenvalue weighted by molar-refractivity contribution is 6.30. The molecular weight excluding hydrogens is 551 g/mol. The Morgan fingerprint density at radius 2 is 1.95 bits per heavy atom. The number of amides is 2. The van der Waals surface area contributed by atoms with Crippen LogP contribution in [-0.4, -0.2) is 47.1 Å². The summed E-state index contributed by atoms with van der Waals surface area (Å²) in [7, 11) is 1.33. The first-order chi connectivity index (χ1) is 19.4. The maximum atomic E-state index is 15.8. The third-order valence-electron chi connectivity index (χ3n) is 7.73. The van der Waals surface area contributed by atoms with Crippen LogP contribution in [0, 0.1) is 11.2 Å². The summed E-state index contributed by atoms with van der Waals surface area (Å²) in [5.74, 6) is -3.42. The Balaban J connectivity index is 1.68. The smallest absolute Gasteiger partial charge is 0.339 e. The second kappa shape index (κ2) is 10.4. The lowest BCUT2D eigenvalue weighted by Gasteiger charge is -2.37. The molecule has 0 unspecified atom stereocenters. The molecule has 1 saturated heterocycles. The fourth-order valence-corrected chi connectivity index (χ4v) is 6.34. The van der Waals surface area contributed by atoms with Crippen molar-refractivity contribution in [3.8, 4) is 5.75 Å². The van der Waals surface area contributed by atoms with Crippen molar-refractivity contribution in [3.05, 3.63) is 82.3 Å². The molecule has 0 aliphatic carbocycles. The number of aromatic nitrogens is 1. The number of hydrogen-bond acceptors (Lipinski definition) is 6. The Bertz CT molecular complexity index is 1560. The summed E-state index contributed by atoms with van der Waals surface area (Å²) in [4.78, 5) is 44.0. The number of ether oxygens (including phenoxy) is 1. The van der Waals surface area contributed by atoms with Crippen LogP contribution in [0.15, 0.2) is 54.7 Å². The predicted octanol–water partition coefficient (Wildman–Crippen LogP) is 4.97. The van der Waals surface area contributed by atoms with Crippen LogP contribution in [-0.2, 0) is 15.0 Å². The van der Waals surface area contributed by atoms with Crippen molar-refractivity contribution in [1.29, 1.82) is 0 Å². The number of aromatic carboxylic acids is 1. The summed E-state index contributed by atoms with van der Waals surface area (Å²) in [6.07, 6.45) is 2.03. The number of halogens is 2. The molecule has 1 aromatic heterocycles. The SMILES string of the molecule is COc1cc(NC(=O)[C@@H]2N[C@@H](CC(C)(C)C)[C@@]3(C(=O)Nc4ncccc43)[C@H]2c2cccc(Cl)c2F)ccc1C(=O)O. The molecule has 2 aliphatic heterocycles. The van der Waals surface area contributed by atoms with Gasteiger partial charge < -0.3 is 25.8 Å². The zero-order chi connectivity index (χ0) is 29.7. The second-order valence-electron chi connectivity index (χ2n) is 11.5. The van der Waals surface area contributed by atoms with E-state index in [9.17, 15) is 19.5 Å². The number of carbonyl (C=O) groups excluding carboxylic acids is 2. The van der Waals surface area contributed by atoms with Gasteiger partial charge in [0.05, 0.1) is 18.2 Å². The van der Waals surface area contributed by atoms with Gasteiger partial charge in [0.15, 0.2) is 0 Å². The van der Waals surface area contributed by atoms with Crippen molar-refractivity contribution in [2.24, 2.45) is 5.41 Å². The van der Waals surface area contributed by atoms with E-state index in [1.54, 1.807) is 30.5 Å². The molecule has 1 spiro atoms. The van der Waals surface area contributed by atoms with E-state index in [4.69, 9.17) is 16.3 Å². The van der Waals surface area contributed by atoms with Crippen molar-refractivity contribution in [2.75, 3.05) is 17.7 Å². The minimum Gasteiger partial charge on any atom is -0.496 e. The number of pyridine rings is 1. The zero-order valence-corrected chi connectivity index (χ0v) is 23.7. The number of methoxy groups -OCH3 is 1. The topological polar surface area (TPSA) is 130 Å². The minimum absolute atomic E-state index is 0.0596. The third kappa shape index (κ3) is 4.81. The Kier molecular flexibility index (Phi) is 7.25. The van der Waals surface area contributed by atoms with Crippen LogP contribution in [0.2, 0.25) is 5.02 Å². The average Bonchev–Trinajstić information content (AvgIpc) is 3.39. The van der Waals surface area contributed by atoms with E-state index in [0.717, 1.165) is 0 Å². The lowest BCUT2D eigenvalue weighted by Crippen LogP contribution is -2.49. The highest BCUT2D eigenvalue weighted by Gasteiger charge is 2.66. The molecule has 4 atom stereocenters. The van der Waals surface area contributed by atoms with E-state index in [-0.39, 0.29) is 38.9 Å². The van der Waals surface area contributed by atoms with Crippen molar-refractivity contribution in [3.63, 3.8) is 0 Å². The summed E-state index contributed by atoms with van der Waals surface area (Å²) in [6.45, 7) is 6.08. The fraction of sp³-hybridized carbons (Fsp3) is 0.333. The lowest BCUT2D eigenvalue weighted by molar-refractivity contribution is -0.122. The van der Waals surface area contributed by atoms with Crippen LogP contribution in [0.5, 0.6) is 5.75 Å². The molecule has 11 heteroatoms. The number of rotatable bonds is 6. The van der Waals surface area contributed by atoms with Gasteiger partial charge in [-0.25, -0.2) is 14.2 Å². The number of benzene rings is 2. The number of nitrogens with zero attached hydrogens (tertiary/aromatic N) is 1. The molecule has 9 nitrogen and oxygen atoms in total. The molecule has 3 heterocycles. The molecule has 0 bridgehead atoms. The quantitative estimate of drug-likeness (QED) is 0.324. The molecular formula is C30H30ClFN4O5. The number of carboxylic acids is 1. The van der Waals surface area contributed by atoms with Crippen LogP contribution in [0.25, 0.3) is 0 Å². The highest BCUT2D eigenvalue weighted by Crippen LogP contribution is 2.56. The van der Waals surface area contributed by atoms with Gasteiger partial charge in [0, 0.05) is 35.5 Å². The summed E-state index contributed by atoms with van der Waals surface area (Å²) >= 11 is 6.23. The molecule has 1 fully saturated rings. The Morgan fingerprint density at radius 3 is 2.63 bits per heavy atom. The molecule has 2 aliphatic rings. The second-order valence-corrected chi connectivity index (χ2v) is 11.9. The standard InChI is InChI=1S/C30H30ClFN4O5/c1-29(2,3)14-21-30(18-8-6-12-33-25(18)36-28(30)40)22(17-7-5-9-19(31)23(17)32)24(35-21)26(37)34-15-10-11-16(27(38)39)20(13-15)41-4/h5-13,21-22,24,35H,14H2,1-4H3,(H,34,37)(H,38,39)(H,33,36,40)/t21-,22-,24+,30+/m0/s1. The first-order valence-corrected chi connectivity index (χ1v) is 13.5. The van der Waals surface area contributed by atoms with E-state index >= 15 is 4.39 Å². The van der Waals surface area contributed by atoms with Gasteiger partial charge in [-0.3, -0.25) is 9.59 Å². The van der Waals surface area contributed by atoms with E-state index in [1.807, 2.05) is 20.8 Å². The minimum atomic E-state index is -1.39. The van der Waals surface area contributed by atoms with Gasteiger partial charge in [0.25, 0.3) is 0 Å². The fourth-order valence-electron chi connectivity index (χ4n) is 6.16. The maximum absolute atomic E-state index is 15.8. The molecule has 2 aromatic carbocycles. The summed E-state index contributed by atoms with van der Waals surface area (Å²) in [6, 6.07) is 10.5. The monoisotopic (exact) mass is 580 g/mol. The highest BCUT2D eigenvalue weighted by atomic mass is 35.5. The number of anilines is 2. The van der Waals surface area contributed by atoms with E-state index in [1.165, 1.54) is 31.4 Å². The average molecular weight is 581 g/mol. The number of nitrogens with one attached hydrogen (secondary N) is 3. The van der Waals surface area contributed by atoms with Crippen LogP contribution in [0.1, 0.15) is 54.6 Å². The first-order valence-electron chi connectivity index (χ1n) is 13.1. The first kappa shape index (κ1) is 28.5. The van der Waals surface area contributed by atoms with Gasteiger partial charge in [-0.15, -0.1) is 0 Å². The predicted molar refractivity (Wildman–Crippen MR) is 152 cm³/mol. The summed E-state index contributed by atoms with van der Waals surface area (Å²) in [5.41, 5.74) is -0.783. The normalized spacial score (nSPS) is 23.3. The molecule has 3 aromatic rings. The molecule has 2 amide bonds. The van der Waals surface area contributed by atoms with Crippen LogP contribution < -0.4 is 20.7 Å². The van der Waals surface area contributed by atoms with E-state index < -0.39 is 41.1 Å². The van der Waals surface area contributed by atoms with Crippen molar-refractivity contribution >= 4 is 40.9 Å². The zero-order valence-electron chi connectivity index (χ0n) is 22.9. The number of fused-ring (bicyclic) bond motifs is 2. The number of hydrogen-bond donors (Lipinski definition) is 4. The Hall–Kier alpha value is -4.02.